The third-order valence-corrected chi connectivity index (χ3v) is 11.5. The number of halogens is 1. The van der Waals surface area contributed by atoms with E-state index >= 15 is 0 Å². The maximum atomic E-state index is 13.0. The Kier molecular flexibility index (Phi) is 10.7. The predicted molar refractivity (Wildman–Crippen MR) is 203 cm³/mol. The summed E-state index contributed by atoms with van der Waals surface area (Å²) in [5, 5.41) is 13.0. The average molecular weight is 713 g/mol. The van der Waals surface area contributed by atoms with E-state index in [1.165, 1.54) is 44.6 Å². The molecule has 8 rings (SSSR count). The SMILES string of the molecule is C=CC(=O)Nc1cccc(CNc2nc(Nc3ccc(N4CCN(CCNC(=O)CC56CC7CC(CC(C7)C5)C6)CC4)cc3OC)ncc2Cl)c1. The molecule has 1 saturated heterocycles. The monoisotopic (exact) mass is 712 g/mol. The smallest absolute Gasteiger partial charge is 0.247 e. The molecule has 2 aromatic carbocycles. The number of amides is 2. The van der Waals surface area contributed by atoms with Crippen LogP contribution in [0.4, 0.5) is 28.8 Å². The third kappa shape index (κ3) is 8.59. The first-order valence-electron chi connectivity index (χ1n) is 18.2. The second kappa shape index (κ2) is 15.5. The zero-order valence-corrected chi connectivity index (χ0v) is 30.2. The minimum atomic E-state index is -0.268. The van der Waals surface area contributed by atoms with Crippen molar-refractivity contribution in [2.75, 3.05) is 67.2 Å². The van der Waals surface area contributed by atoms with Crippen molar-refractivity contribution in [2.24, 2.45) is 23.2 Å². The Morgan fingerprint density at radius 3 is 2.49 bits per heavy atom. The molecule has 4 aliphatic carbocycles. The minimum absolute atomic E-state index is 0.256. The summed E-state index contributed by atoms with van der Waals surface area (Å²) >= 11 is 6.42. The van der Waals surface area contributed by atoms with Gasteiger partial charge in [-0.2, -0.15) is 4.98 Å². The summed E-state index contributed by atoms with van der Waals surface area (Å²) in [7, 11) is 1.65. The van der Waals surface area contributed by atoms with Gasteiger partial charge < -0.3 is 30.9 Å². The Balaban J connectivity index is 0.878. The molecule has 3 aromatic rings. The molecule has 1 aliphatic heterocycles. The molecule has 51 heavy (non-hydrogen) atoms. The van der Waals surface area contributed by atoms with Crippen molar-refractivity contribution in [1.29, 1.82) is 0 Å². The van der Waals surface area contributed by atoms with Gasteiger partial charge in [0.1, 0.15) is 10.8 Å². The molecule has 0 atom stereocenters. The van der Waals surface area contributed by atoms with Gasteiger partial charge in [0.05, 0.1) is 19.0 Å². The molecule has 2 amide bonds. The molecule has 12 heteroatoms. The van der Waals surface area contributed by atoms with Crippen LogP contribution >= 0.6 is 11.6 Å². The number of hydrogen-bond acceptors (Lipinski definition) is 9. The lowest BCUT2D eigenvalue weighted by Gasteiger charge is -2.56. The molecule has 11 nitrogen and oxygen atoms in total. The predicted octanol–water partition coefficient (Wildman–Crippen LogP) is 6.46. The second-order valence-electron chi connectivity index (χ2n) is 14.9. The van der Waals surface area contributed by atoms with Crippen LogP contribution in [0.25, 0.3) is 0 Å². The number of ether oxygens (including phenoxy) is 1. The Bertz CT molecular complexity index is 1710. The van der Waals surface area contributed by atoms with Crippen LogP contribution < -0.4 is 30.9 Å². The van der Waals surface area contributed by atoms with Gasteiger partial charge in [-0.25, -0.2) is 4.98 Å². The summed E-state index contributed by atoms with van der Waals surface area (Å²) in [6, 6.07) is 13.6. The van der Waals surface area contributed by atoms with E-state index in [9.17, 15) is 9.59 Å². The quantitative estimate of drug-likeness (QED) is 0.139. The van der Waals surface area contributed by atoms with Crippen molar-refractivity contribution >= 4 is 52.2 Å². The highest BCUT2D eigenvalue weighted by Gasteiger charge is 2.51. The number of rotatable bonds is 14. The van der Waals surface area contributed by atoms with E-state index in [4.69, 9.17) is 16.3 Å². The molecule has 5 aliphatic rings. The zero-order chi connectivity index (χ0) is 35.4. The van der Waals surface area contributed by atoms with E-state index in [-0.39, 0.29) is 11.8 Å². The standard InChI is InChI=1S/C39H49ClN8O3/c1-3-35(49)44-30-6-4-5-26(18-30)24-42-37-32(40)25-43-38(46-37)45-33-8-7-31(19-34(33)51-2)48-13-11-47(12-14-48)10-9-41-36(50)23-39-20-27-15-28(21-39)17-29(16-27)22-39/h3-8,18-19,25,27-29H,1,9-17,20-24H2,2H3,(H,41,50)(H,44,49)(H2,42,43,45,46). The Morgan fingerprint density at radius 1 is 1.04 bits per heavy atom. The van der Waals surface area contributed by atoms with Crippen molar-refractivity contribution < 1.29 is 14.3 Å². The van der Waals surface area contributed by atoms with Crippen LogP contribution in [0.2, 0.25) is 5.02 Å². The van der Waals surface area contributed by atoms with Crippen molar-refractivity contribution in [3.05, 3.63) is 71.9 Å². The fourth-order valence-electron chi connectivity index (χ4n) is 9.28. The average Bonchev–Trinajstić information content (AvgIpc) is 3.11. The number of anilines is 5. The van der Waals surface area contributed by atoms with Gasteiger partial charge in [0.2, 0.25) is 17.8 Å². The maximum absolute atomic E-state index is 13.0. The van der Waals surface area contributed by atoms with Crippen LogP contribution in [-0.4, -0.2) is 73.1 Å². The Labute approximate surface area is 305 Å². The summed E-state index contributed by atoms with van der Waals surface area (Å²) in [6.45, 7) is 9.21. The topological polar surface area (TPSA) is 124 Å². The normalized spacial score (nSPS) is 23.8. The Hall–Kier alpha value is -4.35. The van der Waals surface area contributed by atoms with Gasteiger partial charge in [0.15, 0.2) is 5.82 Å². The van der Waals surface area contributed by atoms with Crippen molar-refractivity contribution in [1.82, 2.24) is 20.2 Å². The van der Waals surface area contributed by atoms with Crippen LogP contribution in [0.3, 0.4) is 0 Å². The molecular formula is C39H49ClN8O3. The van der Waals surface area contributed by atoms with Crippen molar-refractivity contribution in [3.8, 4) is 5.75 Å². The van der Waals surface area contributed by atoms with Gasteiger partial charge in [0.25, 0.3) is 0 Å². The molecule has 1 aromatic heterocycles. The fourth-order valence-corrected chi connectivity index (χ4v) is 9.44. The first kappa shape index (κ1) is 35.1. The second-order valence-corrected chi connectivity index (χ2v) is 15.3. The number of hydrogen-bond donors (Lipinski definition) is 4. The lowest BCUT2D eigenvalue weighted by atomic mass is 9.49. The molecule has 2 heterocycles. The van der Waals surface area contributed by atoms with E-state index in [0.717, 1.165) is 73.8 Å². The summed E-state index contributed by atoms with van der Waals surface area (Å²) < 4.78 is 5.77. The maximum Gasteiger partial charge on any atom is 0.247 e. The van der Waals surface area contributed by atoms with Gasteiger partial charge in [0, 0.05) is 69.7 Å². The van der Waals surface area contributed by atoms with Gasteiger partial charge in [-0.1, -0.05) is 30.3 Å². The van der Waals surface area contributed by atoms with Crippen LogP contribution in [0.5, 0.6) is 5.75 Å². The fraction of sp³-hybridized carbons (Fsp3) is 0.487. The van der Waals surface area contributed by atoms with Crippen LogP contribution in [-0.2, 0) is 16.1 Å². The first-order chi connectivity index (χ1) is 24.8. The number of carbonyl (C=O) groups excluding carboxylic acids is 2. The van der Waals surface area contributed by atoms with E-state index < -0.39 is 0 Å². The lowest BCUT2D eigenvalue weighted by molar-refractivity contribution is -0.129. The molecule has 0 spiro atoms. The molecule has 0 radical (unpaired) electrons. The number of carbonyl (C=O) groups is 2. The van der Waals surface area contributed by atoms with Gasteiger partial charge in [-0.15, -0.1) is 0 Å². The molecule has 4 N–H and O–H groups in total. The summed E-state index contributed by atoms with van der Waals surface area (Å²) in [5.74, 6) is 4.16. The number of aromatic nitrogens is 2. The highest BCUT2D eigenvalue weighted by molar-refractivity contribution is 6.32. The van der Waals surface area contributed by atoms with Crippen LogP contribution in [0.15, 0.2) is 61.3 Å². The van der Waals surface area contributed by atoms with E-state index in [2.05, 4.69) is 53.7 Å². The van der Waals surface area contributed by atoms with E-state index in [0.29, 0.717) is 46.7 Å². The van der Waals surface area contributed by atoms with Gasteiger partial charge in [-0.05, 0) is 97.6 Å². The van der Waals surface area contributed by atoms with Crippen molar-refractivity contribution in [3.63, 3.8) is 0 Å². The molecule has 4 saturated carbocycles. The van der Waals surface area contributed by atoms with Crippen LogP contribution in [0, 0.1) is 23.2 Å². The summed E-state index contributed by atoms with van der Waals surface area (Å²) in [4.78, 5) is 38.4. The number of benzene rings is 2. The Morgan fingerprint density at radius 2 is 1.78 bits per heavy atom. The summed E-state index contributed by atoms with van der Waals surface area (Å²) in [6.07, 6.45) is 11.6. The number of piperazine rings is 1. The zero-order valence-electron chi connectivity index (χ0n) is 29.4. The highest BCUT2D eigenvalue weighted by Crippen LogP contribution is 2.61. The molecule has 270 valence electrons. The van der Waals surface area contributed by atoms with E-state index in [1.54, 1.807) is 13.3 Å². The minimum Gasteiger partial charge on any atom is -0.494 e. The molecule has 5 fully saturated rings. The molecule has 0 unspecified atom stereocenters. The molecular weight excluding hydrogens is 664 g/mol. The van der Waals surface area contributed by atoms with Gasteiger partial charge in [-0.3, -0.25) is 14.5 Å². The lowest BCUT2D eigenvalue weighted by Crippen LogP contribution is -2.50. The number of methoxy groups -OCH3 is 1. The number of nitrogens with zero attached hydrogens (tertiary/aromatic N) is 4. The van der Waals surface area contributed by atoms with Crippen LogP contribution in [0.1, 0.15) is 50.5 Å². The molecule has 4 bridgehead atoms. The highest BCUT2D eigenvalue weighted by atomic mass is 35.5. The summed E-state index contributed by atoms with van der Waals surface area (Å²) in [5.41, 5.74) is 3.74. The third-order valence-electron chi connectivity index (χ3n) is 11.2. The van der Waals surface area contributed by atoms with E-state index in [1.807, 2.05) is 36.4 Å². The largest absolute Gasteiger partial charge is 0.494 e. The van der Waals surface area contributed by atoms with Gasteiger partial charge >= 0.3 is 0 Å². The first-order valence-corrected chi connectivity index (χ1v) is 18.6. The number of nitrogens with one attached hydrogen (secondary N) is 4. The van der Waals surface area contributed by atoms with Crippen molar-refractivity contribution in [2.45, 2.75) is 51.5 Å².